The molecule has 1 aromatic heterocycles. The van der Waals surface area contributed by atoms with Crippen LogP contribution < -0.4 is 15.8 Å². The van der Waals surface area contributed by atoms with Gasteiger partial charge in [0.25, 0.3) is 5.91 Å². The highest BCUT2D eigenvalue weighted by molar-refractivity contribution is 6.06. The van der Waals surface area contributed by atoms with Crippen molar-refractivity contribution in [2.75, 3.05) is 16.8 Å². The van der Waals surface area contributed by atoms with Crippen LogP contribution in [0.3, 0.4) is 0 Å². The maximum Gasteiger partial charge on any atom is 0.336 e. The smallest absolute Gasteiger partial charge is 0.336 e. The minimum atomic E-state index is -0.425. The van der Waals surface area contributed by atoms with Crippen molar-refractivity contribution in [3.05, 3.63) is 70.1 Å². The highest BCUT2D eigenvalue weighted by Gasteiger charge is 2.22. The summed E-state index contributed by atoms with van der Waals surface area (Å²) in [5, 5.41) is 3.64. The van der Waals surface area contributed by atoms with Crippen molar-refractivity contribution in [2.24, 2.45) is 0 Å². The molecule has 2 amide bonds. The molecule has 0 saturated carbocycles. The average molecular weight is 362 g/mol. The molecule has 2 aromatic carbocycles. The van der Waals surface area contributed by atoms with Crippen LogP contribution in [0.5, 0.6) is 0 Å². The Labute approximate surface area is 155 Å². The molecule has 6 heteroatoms. The molecule has 0 radical (unpaired) electrons. The fourth-order valence-electron chi connectivity index (χ4n) is 3.34. The highest BCUT2D eigenvalue weighted by atomic mass is 16.4. The van der Waals surface area contributed by atoms with Crippen LogP contribution in [0.2, 0.25) is 0 Å². The van der Waals surface area contributed by atoms with E-state index in [2.05, 4.69) is 5.32 Å². The summed E-state index contributed by atoms with van der Waals surface area (Å²) >= 11 is 0. The van der Waals surface area contributed by atoms with E-state index in [1.807, 2.05) is 19.1 Å². The first-order chi connectivity index (χ1) is 13.0. The van der Waals surface area contributed by atoms with Gasteiger partial charge in [0.1, 0.15) is 5.58 Å². The van der Waals surface area contributed by atoms with E-state index in [4.69, 9.17) is 4.42 Å². The number of amides is 2. The van der Waals surface area contributed by atoms with Gasteiger partial charge in [-0.3, -0.25) is 9.59 Å². The number of anilines is 2. The van der Waals surface area contributed by atoms with Gasteiger partial charge >= 0.3 is 5.63 Å². The van der Waals surface area contributed by atoms with Crippen LogP contribution in [-0.2, 0) is 4.79 Å². The number of nitrogens with one attached hydrogen (secondary N) is 1. The van der Waals surface area contributed by atoms with Crippen LogP contribution in [0, 0.1) is 6.92 Å². The number of benzene rings is 2. The molecule has 3 aromatic rings. The number of nitrogens with zero attached hydrogens (tertiary/aromatic N) is 1. The molecule has 0 bridgehead atoms. The second-order valence-corrected chi connectivity index (χ2v) is 6.61. The molecule has 0 aliphatic carbocycles. The lowest BCUT2D eigenvalue weighted by Gasteiger charge is -2.16. The van der Waals surface area contributed by atoms with Crippen molar-refractivity contribution in [1.82, 2.24) is 0 Å². The predicted octanol–water partition coefficient (Wildman–Crippen LogP) is 3.48. The van der Waals surface area contributed by atoms with Crippen molar-refractivity contribution in [3.8, 4) is 0 Å². The first-order valence-electron chi connectivity index (χ1n) is 8.77. The lowest BCUT2D eigenvalue weighted by molar-refractivity contribution is -0.117. The van der Waals surface area contributed by atoms with E-state index in [-0.39, 0.29) is 11.8 Å². The second-order valence-electron chi connectivity index (χ2n) is 6.61. The van der Waals surface area contributed by atoms with E-state index < -0.39 is 5.63 Å². The van der Waals surface area contributed by atoms with Gasteiger partial charge in [-0.05, 0) is 49.2 Å². The van der Waals surface area contributed by atoms with Crippen LogP contribution in [-0.4, -0.2) is 18.4 Å². The third-order valence-corrected chi connectivity index (χ3v) is 4.70. The maximum atomic E-state index is 12.6. The zero-order chi connectivity index (χ0) is 19.0. The summed E-state index contributed by atoms with van der Waals surface area (Å²) in [5.41, 5.74) is 2.54. The van der Waals surface area contributed by atoms with Crippen molar-refractivity contribution in [1.29, 1.82) is 0 Å². The molecule has 6 nitrogen and oxygen atoms in total. The Morgan fingerprint density at radius 3 is 2.74 bits per heavy atom. The van der Waals surface area contributed by atoms with Crippen molar-refractivity contribution >= 4 is 34.2 Å². The zero-order valence-electron chi connectivity index (χ0n) is 14.8. The molecule has 1 aliphatic heterocycles. The monoisotopic (exact) mass is 362 g/mol. The summed E-state index contributed by atoms with van der Waals surface area (Å²) in [6, 6.07) is 13.6. The Morgan fingerprint density at radius 2 is 1.96 bits per heavy atom. The summed E-state index contributed by atoms with van der Waals surface area (Å²) in [6.45, 7) is 2.51. The van der Waals surface area contributed by atoms with Gasteiger partial charge in [-0.2, -0.15) is 0 Å². The number of fused-ring (bicyclic) bond motifs is 1. The Balaban J connectivity index is 1.60. The Hall–Kier alpha value is -3.41. The number of aryl methyl sites for hydroxylation is 1. The topological polar surface area (TPSA) is 79.6 Å². The molecule has 0 unspecified atom stereocenters. The number of rotatable bonds is 3. The molecular formula is C21H18N2O4. The van der Waals surface area contributed by atoms with Crippen LogP contribution in [0.4, 0.5) is 11.4 Å². The minimum absolute atomic E-state index is 0.0764. The molecule has 1 N–H and O–H groups in total. The number of carbonyl (C=O) groups is 2. The molecule has 2 heterocycles. The minimum Gasteiger partial charge on any atom is -0.423 e. The van der Waals surface area contributed by atoms with E-state index in [0.717, 1.165) is 23.1 Å². The van der Waals surface area contributed by atoms with Gasteiger partial charge in [-0.25, -0.2) is 4.79 Å². The lowest BCUT2D eigenvalue weighted by atomic mass is 10.1. The van der Waals surface area contributed by atoms with Gasteiger partial charge in [-0.15, -0.1) is 0 Å². The predicted molar refractivity (Wildman–Crippen MR) is 103 cm³/mol. The Bertz CT molecular complexity index is 1120. The molecule has 1 fully saturated rings. The van der Waals surface area contributed by atoms with Gasteiger partial charge in [-0.1, -0.05) is 6.07 Å². The molecular weight excluding hydrogens is 344 g/mol. The average Bonchev–Trinajstić information content (AvgIpc) is 3.07. The number of carbonyl (C=O) groups excluding carboxylic acids is 2. The van der Waals surface area contributed by atoms with Crippen LogP contribution in [0.25, 0.3) is 11.0 Å². The van der Waals surface area contributed by atoms with Gasteiger partial charge in [0.2, 0.25) is 5.91 Å². The lowest BCUT2D eigenvalue weighted by Crippen LogP contribution is -2.24. The summed E-state index contributed by atoms with van der Waals surface area (Å²) in [5.74, 6) is -0.217. The first-order valence-corrected chi connectivity index (χ1v) is 8.77. The van der Waals surface area contributed by atoms with E-state index >= 15 is 0 Å². The third kappa shape index (κ3) is 3.33. The van der Waals surface area contributed by atoms with Crippen molar-refractivity contribution < 1.29 is 14.0 Å². The van der Waals surface area contributed by atoms with Gasteiger partial charge in [0.05, 0.1) is 0 Å². The summed E-state index contributed by atoms with van der Waals surface area (Å²) in [6.07, 6.45) is 1.37. The van der Waals surface area contributed by atoms with Crippen LogP contribution >= 0.6 is 0 Å². The standard InChI is InChI=1S/C21H18N2O4/c1-13-10-20(25)27-18-12-15(7-8-17(13)18)22-21(26)14-4-2-5-16(11-14)23-9-3-6-19(23)24/h2,4-5,7-8,10-12H,3,6,9H2,1H3,(H,22,26). The molecule has 0 spiro atoms. The van der Waals surface area contributed by atoms with Gasteiger partial charge < -0.3 is 14.6 Å². The first kappa shape index (κ1) is 17.0. The van der Waals surface area contributed by atoms with Crippen molar-refractivity contribution in [3.63, 3.8) is 0 Å². The van der Waals surface area contributed by atoms with E-state index in [9.17, 15) is 14.4 Å². The van der Waals surface area contributed by atoms with Gasteiger partial charge in [0, 0.05) is 47.4 Å². The number of hydrogen-bond donors (Lipinski definition) is 1. The largest absolute Gasteiger partial charge is 0.423 e. The SMILES string of the molecule is Cc1cc(=O)oc2cc(NC(=O)c3cccc(N4CCCC4=O)c3)ccc12. The summed E-state index contributed by atoms with van der Waals surface area (Å²) in [4.78, 5) is 37.8. The Morgan fingerprint density at radius 1 is 1.11 bits per heavy atom. The normalized spacial score (nSPS) is 14.0. The Kier molecular flexibility index (Phi) is 4.24. The van der Waals surface area contributed by atoms with Gasteiger partial charge in [0.15, 0.2) is 0 Å². The molecule has 1 aliphatic rings. The molecule has 4 rings (SSSR count). The molecule has 1 saturated heterocycles. The maximum absolute atomic E-state index is 12.6. The molecule has 0 atom stereocenters. The highest BCUT2D eigenvalue weighted by Crippen LogP contribution is 2.24. The van der Waals surface area contributed by atoms with E-state index in [1.54, 1.807) is 35.2 Å². The fourth-order valence-corrected chi connectivity index (χ4v) is 3.34. The van der Waals surface area contributed by atoms with Crippen LogP contribution in [0.1, 0.15) is 28.8 Å². The van der Waals surface area contributed by atoms with E-state index in [0.29, 0.717) is 29.8 Å². The quantitative estimate of drug-likeness (QED) is 0.724. The van der Waals surface area contributed by atoms with E-state index in [1.165, 1.54) is 6.07 Å². The molecule has 27 heavy (non-hydrogen) atoms. The third-order valence-electron chi connectivity index (χ3n) is 4.70. The number of hydrogen-bond acceptors (Lipinski definition) is 4. The van der Waals surface area contributed by atoms with Crippen molar-refractivity contribution in [2.45, 2.75) is 19.8 Å². The zero-order valence-corrected chi connectivity index (χ0v) is 14.8. The second kappa shape index (κ2) is 6.72. The summed E-state index contributed by atoms with van der Waals surface area (Å²) in [7, 11) is 0. The molecule has 136 valence electrons. The summed E-state index contributed by atoms with van der Waals surface area (Å²) < 4.78 is 5.22. The van der Waals surface area contributed by atoms with Crippen LogP contribution in [0.15, 0.2) is 57.7 Å². The fraction of sp³-hybridized carbons (Fsp3) is 0.190.